The van der Waals surface area contributed by atoms with Gasteiger partial charge in [0.25, 0.3) is 5.56 Å². The van der Waals surface area contributed by atoms with Gasteiger partial charge in [-0.25, -0.2) is 9.37 Å². The van der Waals surface area contributed by atoms with Gasteiger partial charge in [-0.3, -0.25) is 9.59 Å². The summed E-state index contributed by atoms with van der Waals surface area (Å²) in [6.07, 6.45) is 0. The standard InChI is InChI=1S/C18H16FN3O2S/c1-22-15-8-3-2-7-14(15)21-17(18(22)24)25-11-16(23)20-10-12-5-4-6-13(19)9-12/h2-9H,10-11H2,1H3,(H,20,23). The van der Waals surface area contributed by atoms with E-state index in [-0.39, 0.29) is 34.6 Å². The third kappa shape index (κ3) is 4.06. The number of carbonyl (C=O) groups is 1. The number of aryl methyl sites for hydroxylation is 1. The van der Waals surface area contributed by atoms with Crippen molar-refractivity contribution in [2.75, 3.05) is 5.75 Å². The van der Waals surface area contributed by atoms with Crippen molar-refractivity contribution in [2.24, 2.45) is 7.05 Å². The first-order valence-corrected chi connectivity index (χ1v) is 8.63. The fourth-order valence-electron chi connectivity index (χ4n) is 2.38. The van der Waals surface area contributed by atoms with Crippen LogP contribution in [0.4, 0.5) is 4.39 Å². The molecular formula is C18H16FN3O2S. The van der Waals surface area contributed by atoms with Crippen molar-refractivity contribution in [3.8, 4) is 0 Å². The van der Waals surface area contributed by atoms with Gasteiger partial charge >= 0.3 is 0 Å². The number of benzene rings is 2. The van der Waals surface area contributed by atoms with Gasteiger partial charge in [-0.1, -0.05) is 36.0 Å². The number of hydrogen-bond acceptors (Lipinski definition) is 4. The Morgan fingerprint density at radius 1 is 1.24 bits per heavy atom. The second-order valence-corrected chi connectivity index (χ2v) is 6.43. The minimum Gasteiger partial charge on any atom is -0.351 e. The van der Waals surface area contributed by atoms with E-state index >= 15 is 0 Å². The van der Waals surface area contributed by atoms with E-state index in [4.69, 9.17) is 0 Å². The molecule has 0 spiro atoms. The van der Waals surface area contributed by atoms with Crippen LogP contribution in [0.25, 0.3) is 11.0 Å². The van der Waals surface area contributed by atoms with E-state index in [0.717, 1.165) is 17.3 Å². The SMILES string of the molecule is Cn1c(=O)c(SCC(=O)NCc2cccc(F)c2)nc2ccccc21. The molecule has 0 saturated carbocycles. The lowest BCUT2D eigenvalue weighted by Gasteiger charge is -2.08. The van der Waals surface area contributed by atoms with Crippen LogP contribution in [0.15, 0.2) is 58.4 Å². The van der Waals surface area contributed by atoms with Crippen LogP contribution in [-0.4, -0.2) is 21.2 Å². The number of nitrogens with one attached hydrogen (secondary N) is 1. The van der Waals surface area contributed by atoms with Crippen molar-refractivity contribution in [1.29, 1.82) is 0 Å². The molecule has 1 heterocycles. The molecule has 1 aromatic heterocycles. The Morgan fingerprint density at radius 2 is 2.04 bits per heavy atom. The summed E-state index contributed by atoms with van der Waals surface area (Å²) in [4.78, 5) is 28.6. The molecule has 0 bridgehead atoms. The van der Waals surface area contributed by atoms with Gasteiger partial charge in [0.05, 0.1) is 16.8 Å². The highest BCUT2D eigenvalue weighted by atomic mass is 32.2. The highest BCUT2D eigenvalue weighted by molar-refractivity contribution is 7.99. The number of para-hydroxylation sites is 2. The van der Waals surface area contributed by atoms with Crippen molar-refractivity contribution in [1.82, 2.24) is 14.9 Å². The quantitative estimate of drug-likeness (QED) is 0.713. The third-order valence-electron chi connectivity index (χ3n) is 3.67. The van der Waals surface area contributed by atoms with Crippen LogP contribution in [0.1, 0.15) is 5.56 Å². The molecule has 0 aliphatic heterocycles. The number of aromatic nitrogens is 2. The third-order valence-corrected chi connectivity index (χ3v) is 4.62. The normalized spacial score (nSPS) is 10.8. The molecule has 1 N–H and O–H groups in total. The Labute approximate surface area is 147 Å². The van der Waals surface area contributed by atoms with Crippen molar-refractivity contribution in [2.45, 2.75) is 11.6 Å². The summed E-state index contributed by atoms with van der Waals surface area (Å²) in [7, 11) is 1.68. The van der Waals surface area contributed by atoms with Crippen molar-refractivity contribution in [3.05, 3.63) is 70.3 Å². The van der Waals surface area contributed by atoms with Crippen molar-refractivity contribution < 1.29 is 9.18 Å². The number of nitrogens with zero attached hydrogens (tertiary/aromatic N) is 2. The Balaban J connectivity index is 1.65. The highest BCUT2D eigenvalue weighted by Crippen LogP contribution is 2.15. The van der Waals surface area contributed by atoms with Crippen LogP contribution in [0, 0.1) is 5.82 Å². The number of rotatable bonds is 5. The molecule has 3 aromatic rings. The highest BCUT2D eigenvalue weighted by Gasteiger charge is 2.11. The zero-order chi connectivity index (χ0) is 17.8. The first-order chi connectivity index (χ1) is 12.0. The van der Waals surface area contributed by atoms with Gasteiger partial charge in [0, 0.05) is 13.6 Å². The summed E-state index contributed by atoms with van der Waals surface area (Å²) in [5, 5.41) is 2.98. The molecule has 0 atom stereocenters. The van der Waals surface area contributed by atoms with E-state index < -0.39 is 0 Å². The van der Waals surface area contributed by atoms with Crippen molar-refractivity contribution >= 4 is 28.7 Å². The van der Waals surface area contributed by atoms with Crippen LogP contribution in [0.2, 0.25) is 0 Å². The summed E-state index contributed by atoms with van der Waals surface area (Å²) in [6.45, 7) is 0.236. The lowest BCUT2D eigenvalue weighted by Crippen LogP contribution is -2.26. The predicted molar refractivity (Wildman–Crippen MR) is 96.0 cm³/mol. The number of thioether (sulfide) groups is 1. The molecule has 7 heteroatoms. The maximum atomic E-state index is 13.1. The lowest BCUT2D eigenvalue weighted by molar-refractivity contribution is -0.118. The molecule has 3 rings (SSSR count). The first kappa shape index (κ1) is 17.2. The molecule has 0 aliphatic carbocycles. The monoisotopic (exact) mass is 357 g/mol. The number of carbonyl (C=O) groups excluding carboxylic acids is 1. The van der Waals surface area contributed by atoms with Crippen LogP contribution in [0.3, 0.4) is 0 Å². The van der Waals surface area contributed by atoms with Gasteiger partial charge < -0.3 is 9.88 Å². The second-order valence-electron chi connectivity index (χ2n) is 5.47. The van der Waals surface area contributed by atoms with Gasteiger partial charge in [-0.15, -0.1) is 0 Å². The molecule has 2 aromatic carbocycles. The minimum absolute atomic E-state index is 0.0654. The lowest BCUT2D eigenvalue weighted by atomic mass is 10.2. The van der Waals surface area contributed by atoms with Crippen LogP contribution in [0.5, 0.6) is 0 Å². The maximum Gasteiger partial charge on any atom is 0.283 e. The van der Waals surface area contributed by atoms with Gasteiger partial charge in [0.1, 0.15) is 5.82 Å². The maximum absolute atomic E-state index is 13.1. The molecule has 0 unspecified atom stereocenters. The zero-order valence-electron chi connectivity index (χ0n) is 13.5. The number of halogens is 1. The zero-order valence-corrected chi connectivity index (χ0v) is 14.3. The minimum atomic E-state index is -0.343. The van der Waals surface area contributed by atoms with E-state index in [2.05, 4.69) is 10.3 Å². The predicted octanol–water partition coefficient (Wildman–Crippen LogP) is 2.48. The molecule has 0 saturated heterocycles. The molecular weight excluding hydrogens is 341 g/mol. The summed E-state index contributed by atoms with van der Waals surface area (Å²) in [5.41, 5.74) is 1.89. The molecule has 5 nitrogen and oxygen atoms in total. The number of hydrogen-bond donors (Lipinski definition) is 1. The topological polar surface area (TPSA) is 64.0 Å². The van der Waals surface area contributed by atoms with Crippen LogP contribution in [-0.2, 0) is 18.4 Å². The molecule has 128 valence electrons. The van der Waals surface area contributed by atoms with E-state index in [0.29, 0.717) is 11.1 Å². The fraction of sp³-hybridized carbons (Fsp3) is 0.167. The molecule has 0 radical (unpaired) electrons. The van der Waals surface area contributed by atoms with Gasteiger partial charge in [-0.05, 0) is 29.8 Å². The van der Waals surface area contributed by atoms with Gasteiger partial charge in [-0.2, -0.15) is 0 Å². The second kappa shape index (κ2) is 7.48. The summed E-state index contributed by atoms with van der Waals surface area (Å²) in [5.74, 6) is -0.521. The van der Waals surface area contributed by atoms with E-state index in [1.54, 1.807) is 19.2 Å². The van der Waals surface area contributed by atoms with Gasteiger partial charge in [0.15, 0.2) is 5.03 Å². The fourth-order valence-corrected chi connectivity index (χ4v) is 3.17. The number of amides is 1. The average Bonchev–Trinajstić information content (AvgIpc) is 2.62. The number of fused-ring (bicyclic) bond motifs is 1. The van der Waals surface area contributed by atoms with E-state index in [1.807, 2.05) is 24.3 Å². The largest absolute Gasteiger partial charge is 0.351 e. The van der Waals surface area contributed by atoms with Crippen LogP contribution >= 0.6 is 11.8 Å². The summed E-state index contributed by atoms with van der Waals surface area (Å²) in [6, 6.07) is 13.4. The Morgan fingerprint density at radius 3 is 2.84 bits per heavy atom. The van der Waals surface area contributed by atoms with E-state index in [1.165, 1.54) is 16.7 Å². The van der Waals surface area contributed by atoms with Gasteiger partial charge in [0.2, 0.25) is 5.91 Å². The Hall–Kier alpha value is -2.67. The molecule has 1 amide bonds. The smallest absolute Gasteiger partial charge is 0.283 e. The molecule has 0 fully saturated rings. The molecule has 0 aliphatic rings. The first-order valence-electron chi connectivity index (χ1n) is 7.64. The van der Waals surface area contributed by atoms with Crippen LogP contribution < -0.4 is 10.9 Å². The summed E-state index contributed by atoms with van der Waals surface area (Å²) < 4.78 is 14.6. The Bertz CT molecular complexity index is 987. The molecule has 25 heavy (non-hydrogen) atoms. The average molecular weight is 357 g/mol. The van der Waals surface area contributed by atoms with E-state index in [9.17, 15) is 14.0 Å². The Kier molecular flexibility index (Phi) is 5.14. The summed E-state index contributed by atoms with van der Waals surface area (Å²) >= 11 is 1.09. The van der Waals surface area contributed by atoms with Crippen molar-refractivity contribution in [3.63, 3.8) is 0 Å².